The second kappa shape index (κ2) is 8.52. The monoisotopic (exact) mass is 395 g/mol. The Balaban J connectivity index is 1.37. The molecule has 0 N–H and O–H groups in total. The van der Waals surface area contributed by atoms with Crippen molar-refractivity contribution in [3.63, 3.8) is 0 Å². The van der Waals surface area contributed by atoms with E-state index < -0.39 is 12.0 Å². The second-order valence-corrected chi connectivity index (χ2v) is 7.71. The smallest absolute Gasteiger partial charge is 0.337 e. The van der Waals surface area contributed by atoms with Crippen LogP contribution in [0, 0.1) is 0 Å². The molecule has 0 spiro atoms. The van der Waals surface area contributed by atoms with Gasteiger partial charge in [-0.05, 0) is 17.2 Å². The van der Waals surface area contributed by atoms with Crippen molar-refractivity contribution in [1.29, 1.82) is 0 Å². The molecule has 28 heavy (non-hydrogen) atoms. The minimum Gasteiger partial charge on any atom is -0.472 e. The first-order chi connectivity index (χ1) is 13.7. The van der Waals surface area contributed by atoms with Gasteiger partial charge >= 0.3 is 5.97 Å². The van der Waals surface area contributed by atoms with Crippen LogP contribution < -0.4 is 0 Å². The Morgan fingerprint density at radius 3 is 2.46 bits per heavy atom. The van der Waals surface area contributed by atoms with Gasteiger partial charge in [-0.1, -0.05) is 60.7 Å². The topological polar surface area (TPSA) is 55.8 Å². The molecule has 2 fully saturated rings. The summed E-state index contributed by atoms with van der Waals surface area (Å²) in [6, 6.07) is 18.9. The van der Waals surface area contributed by atoms with Crippen molar-refractivity contribution in [2.24, 2.45) is 0 Å². The third-order valence-electron chi connectivity index (χ3n) is 4.73. The molecule has 2 saturated heterocycles. The largest absolute Gasteiger partial charge is 0.472 e. The lowest BCUT2D eigenvalue weighted by atomic mass is 10.1. The van der Waals surface area contributed by atoms with E-state index in [1.165, 1.54) is 10.5 Å². The molecule has 1 amide bonds. The van der Waals surface area contributed by atoms with Gasteiger partial charge in [-0.3, -0.25) is 9.69 Å². The molecule has 0 aromatic heterocycles. The van der Waals surface area contributed by atoms with Crippen molar-refractivity contribution in [3.8, 4) is 0 Å². The van der Waals surface area contributed by atoms with Crippen LogP contribution in [0.25, 0.3) is 0 Å². The minimum absolute atomic E-state index is 0.0769. The van der Waals surface area contributed by atoms with Gasteiger partial charge in [0.1, 0.15) is 12.4 Å². The SMILES string of the molecule is O=C(OCc1ccccc1)C1C(=CCSCc2ccccc2)OC2CC(=O)N21. The van der Waals surface area contributed by atoms with Gasteiger partial charge in [0.05, 0.1) is 6.42 Å². The maximum absolute atomic E-state index is 12.7. The number of β-lactam (4-membered cyclic amide) rings is 1. The molecule has 2 aromatic carbocycles. The average Bonchev–Trinajstić information content (AvgIpc) is 3.03. The number of benzene rings is 2. The number of esters is 1. The van der Waals surface area contributed by atoms with Crippen molar-refractivity contribution in [2.45, 2.75) is 31.1 Å². The standard InChI is InChI=1S/C22H21NO4S/c24-19-13-20-23(19)21(22(25)26-14-16-7-3-1-4-8-16)18(27-20)11-12-28-15-17-9-5-2-6-10-17/h1-11,20-21H,12-15H2. The Labute approximate surface area is 168 Å². The number of hydrogen-bond acceptors (Lipinski definition) is 5. The van der Waals surface area contributed by atoms with Crippen molar-refractivity contribution >= 4 is 23.6 Å². The summed E-state index contributed by atoms with van der Waals surface area (Å²) in [5.74, 6) is 1.57. The summed E-state index contributed by atoms with van der Waals surface area (Å²) in [6.45, 7) is 0.179. The van der Waals surface area contributed by atoms with Gasteiger partial charge in [0.2, 0.25) is 5.91 Å². The minimum atomic E-state index is -0.771. The van der Waals surface area contributed by atoms with E-state index in [4.69, 9.17) is 9.47 Å². The normalized spacial score (nSPS) is 21.8. The highest BCUT2D eigenvalue weighted by atomic mass is 32.2. The maximum Gasteiger partial charge on any atom is 0.337 e. The molecular formula is C22H21NO4S. The van der Waals surface area contributed by atoms with Gasteiger partial charge in [-0.2, -0.15) is 11.8 Å². The lowest BCUT2D eigenvalue weighted by Gasteiger charge is -2.33. The summed E-state index contributed by atoms with van der Waals surface area (Å²) in [5, 5.41) is 0. The zero-order chi connectivity index (χ0) is 19.3. The van der Waals surface area contributed by atoms with Crippen molar-refractivity contribution in [2.75, 3.05) is 5.75 Å². The van der Waals surface area contributed by atoms with Crippen molar-refractivity contribution in [1.82, 2.24) is 4.90 Å². The first-order valence-corrected chi connectivity index (χ1v) is 10.4. The summed E-state index contributed by atoms with van der Waals surface area (Å²) >= 11 is 1.73. The average molecular weight is 395 g/mol. The van der Waals surface area contributed by atoms with Gasteiger partial charge in [0.15, 0.2) is 12.3 Å². The zero-order valence-corrected chi connectivity index (χ0v) is 16.1. The highest BCUT2D eigenvalue weighted by molar-refractivity contribution is 7.98. The number of hydrogen-bond donors (Lipinski definition) is 0. The predicted molar refractivity (Wildman–Crippen MR) is 107 cm³/mol. The molecule has 144 valence electrons. The summed E-state index contributed by atoms with van der Waals surface area (Å²) < 4.78 is 11.3. The van der Waals surface area contributed by atoms with Gasteiger partial charge in [0, 0.05) is 11.5 Å². The van der Waals surface area contributed by atoms with Crippen LogP contribution in [0.5, 0.6) is 0 Å². The quantitative estimate of drug-likeness (QED) is 0.408. The second-order valence-electron chi connectivity index (χ2n) is 6.68. The predicted octanol–water partition coefficient (Wildman–Crippen LogP) is 3.50. The lowest BCUT2D eigenvalue weighted by molar-refractivity contribution is -0.166. The molecule has 4 rings (SSSR count). The van der Waals surface area contributed by atoms with E-state index in [-0.39, 0.29) is 18.7 Å². The van der Waals surface area contributed by atoms with Crippen molar-refractivity contribution < 1.29 is 19.1 Å². The van der Waals surface area contributed by atoms with Crippen molar-refractivity contribution in [3.05, 3.63) is 83.6 Å². The van der Waals surface area contributed by atoms with Crippen LogP contribution in [-0.2, 0) is 31.4 Å². The Morgan fingerprint density at radius 2 is 1.79 bits per heavy atom. The van der Waals surface area contributed by atoms with E-state index in [1.807, 2.05) is 54.6 Å². The Hall–Kier alpha value is -2.73. The van der Waals surface area contributed by atoms with Gasteiger partial charge in [-0.25, -0.2) is 4.79 Å². The van der Waals surface area contributed by atoms with E-state index in [9.17, 15) is 9.59 Å². The fourth-order valence-electron chi connectivity index (χ4n) is 3.26. The molecule has 0 radical (unpaired) electrons. The van der Waals surface area contributed by atoms with Gasteiger partial charge in [0.25, 0.3) is 0 Å². The molecule has 0 bridgehead atoms. The number of fused-ring (bicyclic) bond motifs is 1. The Bertz CT molecular complexity index is 869. The van der Waals surface area contributed by atoms with Crippen LogP contribution in [0.15, 0.2) is 72.5 Å². The maximum atomic E-state index is 12.7. The van der Waals surface area contributed by atoms with Gasteiger partial charge < -0.3 is 9.47 Å². The van der Waals surface area contributed by atoms with Crippen LogP contribution in [0.3, 0.4) is 0 Å². The van der Waals surface area contributed by atoms with E-state index >= 15 is 0 Å². The highest BCUT2D eigenvalue weighted by Crippen LogP contribution is 2.37. The molecule has 2 unspecified atom stereocenters. The molecule has 6 heteroatoms. The number of rotatable bonds is 7. The summed E-state index contributed by atoms with van der Waals surface area (Å²) in [4.78, 5) is 26.1. The fraction of sp³-hybridized carbons (Fsp3) is 0.273. The van der Waals surface area contributed by atoms with E-state index in [0.29, 0.717) is 17.9 Å². The molecule has 5 nitrogen and oxygen atoms in total. The van der Waals surface area contributed by atoms with E-state index in [0.717, 1.165) is 11.3 Å². The third kappa shape index (κ3) is 4.07. The fourth-order valence-corrected chi connectivity index (χ4v) is 4.09. The third-order valence-corrected chi connectivity index (χ3v) is 5.67. The first kappa shape index (κ1) is 18.6. The molecule has 2 aliphatic heterocycles. The number of carbonyl (C=O) groups is 2. The molecular weight excluding hydrogens is 374 g/mol. The molecule has 2 atom stereocenters. The van der Waals surface area contributed by atoms with Crippen LogP contribution in [-0.4, -0.2) is 34.8 Å². The zero-order valence-electron chi connectivity index (χ0n) is 15.3. The summed E-state index contributed by atoms with van der Waals surface area (Å²) in [7, 11) is 0. The van der Waals surface area contributed by atoms with Crippen LogP contribution in [0.1, 0.15) is 17.5 Å². The molecule has 2 aliphatic rings. The lowest BCUT2D eigenvalue weighted by Crippen LogP contribution is -2.55. The first-order valence-electron chi connectivity index (χ1n) is 9.22. The summed E-state index contributed by atoms with van der Waals surface area (Å²) in [5.41, 5.74) is 2.15. The molecule has 0 saturated carbocycles. The number of carbonyl (C=O) groups excluding carboxylic acids is 2. The number of thioether (sulfide) groups is 1. The number of nitrogens with zero attached hydrogens (tertiary/aromatic N) is 1. The number of amides is 1. The van der Waals surface area contributed by atoms with Crippen LogP contribution in [0.4, 0.5) is 0 Å². The number of ether oxygens (including phenoxy) is 2. The van der Waals surface area contributed by atoms with Crippen LogP contribution >= 0.6 is 11.8 Å². The molecule has 2 heterocycles. The van der Waals surface area contributed by atoms with Gasteiger partial charge in [-0.15, -0.1) is 0 Å². The molecule has 0 aliphatic carbocycles. The molecule has 2 aromatic rings. The highest BCUT2D eigenvalue weighted by Gasteiger charge is 2.54. The Morgan fingerprint density at radius 1 is 1.11 bits per heavy atom. The summed E-state index contributed by atoms with van der Waals surface area (Å²) in [6.07, 6.45) is 1.87. The van der Waals surface area contributed by atoms with E-state index in [2.05, 4.69) is 12.1 Å². The van der Waals surface area contributed by atoms with E-state index in [1.54, 1.807) is 11.8 Å². The van der Waals surface area contributed by atoms with Crippen LogP contribution in [0.2, 0.25) is 0 Å². The Kier molecular flexibility index (Phi) is 5.67.